The van der Waals surface area contributed by atoms with Gasteiger partial charge in [0.25, 0.3) is 0 Å². The lowest BCUT2D eigenvalue weighted by Gasteiger charge is -2.36. The van der Waals surface area contributed by atoms with Crippen LogP contribution in [0.15, 0.2) is 0 Å². The molecule has 0 aliphatic heterocycles. The Hall–Kier alpha value is -0.610. The van der Waals surface area contributed by atoms with E-state index in [9.17, 15) is 9.90 Å². The Balaban J connectivity index is 3.94. The van der Waals surface area contributed by atoms with Gasteiger partial charge in [0.15, 0.2) is 0 Å². The van der Waals surface area contributed by atoms with Crippen LogP contribution >= 0.6 is 0 Å². The smallest absolute Gasteiger partial charge is 0.216 e. The summed E-state index contributed by atoms with van der Waals surface area (Å²) in [6, 6.07) is 0.157. The SMILES string of the molecule is CC(=O)NCCCN(C)C(CO)C(C)(C)C. The van der Waals surface area contributed by atoms with Gasteiger partial charge in [-0.05, 0) is 25.4 Å². The second-order valence-corrected chi connectivity index (χ2v) is 5.38. The Morgan fingerprint density at radius 2 is 2.00 bits per heavy atom. The molecule has 0 spiro atoms. The summed E-state index contributed by atoms with van der Waals surface area (Å²) in [6.07, 6.45) is 0.905. The largest absolute Gasteiger partial charge is 0.395 e. The van der Waals surface area contributed by atoms with Crippen molar-refractivity contribution < 1.29 is 9.90 Å². The van der Waals surface area contributed by atoms with Crippen LogP contribution in [0.4, 0.5) is 0 Å². The highest BCUT2D eigenvalue weighted by Gasteiger charge is 2.27. The second-order valence-electron chi connectivity index (χ2n) is 5.38. The van der Waals surface area contributed by atoms with Gasteiger partial charge in [0, 0.05) is 19.5 Å². The third-order valence-corrected chi connectivity index (χ3v) is 2.77. The topological polar surface area (TPSA) is 52.6 Å². The van der Waals surface area contributed by atoms with Crippen LogP contribution in [0.2, 0.25) is 0 Å². The van der Waals surface area contributed by atoms with Crippen LogP contribution in [0.25, 0.3) is 0 Å². The molecular weight excluding hydrogens is 204 g/mol. The summed E-state index contributed by atoms with van der Waals surface area (Å²) in [5.41, 5.74) is 0.0670. The first-order valence-corrected chi connectivity index (χ1v) is 5.84. The lowest BCUT2D eigenvalue weighted by Crippen LogP contribution is -2.45. The van der Waals surface area contributed by atoms with Crippen LogP contribution in [-0.2, 0) is 4.79 Å². The third kappa shape index (κ3) is 6.08. The first-order chi connectivity index (χ1) is 7.29. The van der Waals surface area contributed by atoms with Gasteiger partial charge in [-0.1, -0.05) is 20.8 Å². The number of nitrogens with one attached hydrogen (secondary N) is 1. The molecule has 0 aromatic rings. The van der Waals surface area contributed by atoms with Gasteiger partial charge in [-0.25, -0.2) is 0 Å². The predicted molar refractivity (Wildman–Crippen MR) is 66.3 cm³/mol. The van der Waals surface area contributed by atoms with Crippen molar-refractivity contribution in [3.8, 4) is 0 Å². The minimum Gasteiger partial charge on any atom is -0.395 e. The van der Waals surface area contributed by atoms with E-state index in [4.69, 9.17) is 0 Å². The van der Waals surface area contributed by atoms with Crippen LogP contribution in [-0.4, -0.2) is 48.7 Å². The number of rotatable bonds is 6. The number of aliphatic hydroxyl groups is 1. The Bertz CT molecular complexity index is 212. The molecule has 0 aliphatic carbocycles. The van der Waals surface area contributed by atoms with Gasteiger partial charge >= 0.3 is 0 Å². The molecule has 0 radical (unpaired) electrons. The van der Waals surface area contributed by atoms with Gasteiger partial charge < -0.3 is 15.3 Å². The summed E-state index contributed by atoms with van der Waals surface area (Å²) < 4.78 is 0. The van der Waals surface area contributed by atoms with Gasteiger partial charge in [-0.15, -0.1) is 0 Å². The van der Waals surface area contributed by atoms with E-state index < -0.39 is 0 Å². The van der Waals surface area contributed by atoms with Gasteiger partial charge in [0.2, 0.25) is 5.91 Å². The number of nitrogens with zero attached hydrogens (tertiary/aromatic N) is 1. The van der Waals surface area contributed by atoms with Crippen molar-refractivity contribution in [2.75, 3.05) is 26.7 Å². The second kappa shape index (κ2) is 6.86. The zero-order valence-corrected chi connectivity index (χ0v) is 11.2. The van der Waals surface area contributed by atoms with Crippen LogP contribution in [0.1, 0.15) is 34.1 Å². The number of carbonyl (C=O) groups excluding carboxylic acids is 1. The molecule has 4 heteroatoms. The van der Waals surface area contributed by atoms with E-state index in [-0.39, 0.29) is 24.0 Å². The number of carbonyl (C=O) groups is 1. The molecule has 0 rings (SSSR count). The van der Waals surface area contributed by atoms with Crippen LogP contribution in [0.5, 0.6) is 0 Å². The lowest BCUT2D eigenvalue weighted by atomic mass is 9.86. The lowest BCUT2D eigenvalue weighted by molar-refractivity contribution is -0.118. The summed E-state index contributed by atoms with van der Waals surface area (Å²) in [5.74, 6) is 0.0113. The Kier molecular flexibility index (Phi) is 6.60. The molecule has 2 N–H and O–H groups in total. The maximum absolute atomic E-state index is 10.7. The van der Waals surface area contributed by atoms with E-state index in [0.29, 0.717) is 6.54 Å². The van der Waals surface area contributed by atoms with E-state index in [1.807, 2.05) is 7.05 Å². The molecule has 0 saturated heterocycles. The van der Waals surface area contributed by atoms with Crippen molar-refractivity contribution in [2.24, 2.45) is 5.41 Å². The maximum atomic E-state index is 10.7. The summed E-state index contributed by atoms with van der Waals surface area (Å²) in [5, 5.41) is 12.1. The number of hydrogen-bond donors (Lipinski definition) is 2. The first kappa shape index (κ1) is 15.4. The first-order valence-electron chi connectivity index (χ1n) is 5.84. The number of aliphatic hydroxyl groups excluding tert-OH is 1. The fraction of sp³-hybridized carbons (Fsp3) is 0.917. The predicted octanol–water partition coefficient (Wildman–Crippen LogP) is 0.851. The van der Waals surface area contributed by atoms with Crippen molar-refractivity contribution in [3.05, 3.63) is 0 Å². The minimum absolute atomic E-state index is 0.0113. The molecule has 1 atom stereocenters. The average Bonchev–Trinajstić information content (AvgIpc) is 2.10. The number of amides is 1. The van der Waals surface area contributed by atoms with E-state index in [2.05, 4.69) is 31.0 Å². The van der Waals surface area contributed by atoms with E-state index in [1.165, 1.54) is 6.92 Å². The molecule has 0 bridgehead atoms. The molecule has 1 unspecified atom stereocenters. The molecule has 0 saturated carbocycles. The zero-order chi connectivity index (χ0) is 12.8. The van der Waals surface area contributed by atoms with E-state index in [1.54, 1.807) is 0 Å². The molecule has 0 fully saturated rings. The standard InChI is InChI=1S/C12H26N2O2/c1-10(16)13-7-6-8-14(5)11(9-15)12(2,3)4/h11,15H,6-9H2,1-5H3,(H,13,16). The summed E-state index contributed by atoms with van der Waals surface area (Å²) in [6.45, 7) is 9.63. The molecule has 0 heterocycles. The van der Waals surface area contributed by atoms with Crippen molar-refractivity contribution in [3.63, 3.8) is 0 Å². The number of likely N-dealkylation sites (N-methyl/N-ethyl adjacent to an activating group) is 1. The van der Waals surface area contributed by atoms with Gasteiger partial charge in [0.1, 0.15) is 0 Å². The van der Waals surface area contributed by atoms with E-state index >= 15 is 0 Å². The van der Waals surface area contributed by atoms with Crippen molar-refractivity contribution in [2.45, 2.75) is 40.2 Å². The zero-order valence-electron chi connectivity index (χ0n) is 11.2. The normalized spacial score (nSPS) is 13.9. The molecule has 0 aliphatic rings. The van der Waals surface area contributed by atoms with Crippen molar-refractivity contribution in [1.29, 1.82) is 0 Å². The highest BCUT2D eigenvalue weighted by Crippen LogP contribution is 2.23. The molecule has 4 nitrogen and oxygen atoms in total. The molecule has 96 valence electrons. The Morgan fingerprint density at radius 3 is 2.38 bits per heavy atom. The number of hydrogen-bond acceptors (Lipinski definition) is 3. The summed E-state index contributed by atoms with van der Waals surface area (Å²) in [7, 11) is 2.01. The van der Waals surface area contributed by atoms with Crippen molar-refractivity contribution >= 4 is 5.91 Å². The van der Waals surface area contributed by atoms with Crippen LogP contribution in [0, 0.1) is 5.41 Å². The molecule has 0 aromatic heterocycles. The maximum Gasteiger partial charge on any atom is 0.216 e. The fourth-order valence-corrected chi connectivity index (χ4v) is 1.82. The van der Waals surface area contributed by atoms with Crippen LogP contribution in [0.3, 0.4) is 0 Å². The monoisotopic (exact) mass is 230 g/mol. The van der Waals surface area contributed by atoms with Gasteiger partial charge in [0.05, 0.1) is 6.61 Å². The highest BCUT2D eigenvalue weighted by molar-refractivity contribution is 5.72. The Labute approximate surface area is 99.0 Å². The van der Waals surface area contributed by atoms with E-state index in [0.717, 1.165) is 13.0 Å². The van der Waals surface area contributed by atoms with Gasteiger partial charge in [-0.3, -0.25) is 4.79 Å². The minimum atomic E-state index is 0.0113. The third-order valence-electron chi connectivity index (χ3n) is 2.77. The van der Waals surface area contributed by atoms with Gasteiger partial charge in [-0.2, -0.15) is 0 Å². The van der Waals surface area contributed by atoms with Crippen LogP contribution < -0.4 is 5.32 Å². The summed E-state index contributed by atoms with van der Waals surface area (Å²) >= 11 is 0. The molecule has 0 aromatic carbocycles. The molecule has 16 heavy (non-hydrogen) atoms. The molecule has 1 amide bonds. The average molecular weight is 230 g/mol. The van der Waals surface area contributed by atoms with Crippen molar-refractivity contribution in [1.82, 2.24) is 10.2 Å². The fourth-order valence-electron chi connectivity index (χ4n) is 1.82. The Morgan fingerprint density at radius 1 is 1.44 bits per heavy atom. The quantitative estimate of drug-likeness (QED) is 0.665. The summed E-state index contributed by atoms with van der Waals surface area (Å²) in [4.78, 5) is 12.8. The molecular formula is C12H26N2O2. The highest BCUT2D eigenvalue weighted by atomic mass is 16.3.